The van der Waals surface area contributed by atoms with E-state index in [4.69, 9.17) is 18.9 Å². The van der Waals surface area contributed by atoms with Gasteiger partial charge in [0.05, 0.1) is 34.4 Å². The fraction of sp³-hybridized carbons (Fsp3) is 0.949. The van der Waals surface area contributed by atoms with Crippen LogP contribution in [-0.4, -0.2) is 87.4 Å². The van der Waals surface area contributed by atoms with E-state index < -0.39 is 18.4 Å². The number of aliphatic carboxylic acids is 1. The number of rotatable bonds is 56. The third-order valence-corrected chi connectivity index (χ3v) is 13.6. The first-order valence-electron chi connectivity index (χ1n) is 29.7. The number of carbonyl (C=O) groups is 3. The number of unbranched alkanes of at least 4 members (excludes halogenated alkanes) is 41. The lowest BCUT2D eigenvalue weighted by Crippen LogP contribution is -2.40. The summed E-state index contributed by atoms with van der Waals surface area (Å²) >= 11 is 0. The van der Waals surface area contributed by atoms with Crippen molar-refractivity contribution in [2.75, 3.05) is 47.5 Å². The number of nitrogens with zero attached hydrogens (tertiary/aromatic N) is 1. The molecule has 0 bridgehead atoms. The summed E-state index contributed by atoms with van der Waals surface area (Å²) in [6.45, 7) is 4.93. The van der Waals surface area contributed by atoms with Crippen LogP contribution in [0.25, 0.3) is 0 Å². The Bertz CT molecular complexity index is 1080. The summed E-state index contributed by atoms with van der Waals surface area (Å²) in [6, 6.07) is 0. The SMILES string of the molecule is CCCCCCCCCCCCCCCCCCCCCCCCCCCCCCCCCC(=O)OC(COC(=O)CCCCCCCCCCCCCC)COC(OCC[N+](C)(C)C)C(=O)O. The molecule has 0 aromatic heterocycles. The predicted octanol–water partition coefficient (Wildman–Crippen LogP) is 17.2. The van der Waals surface area contributed by atoms with E-state index in [2.05, 4.69) is 13.8 Å². The Kier molecular flexibility index (Phi) is 50.3. The molecule has 68 heavy (non-hydrogen) atoms. The monoisotopic (exact) mass is 967 g/mol. The zero-order valence-corrected chi connectivity index (χ0v) is 46.1. The lowest BCUT2D eigenvalue weighted by Gasteiger charge is -2.25. The molecule has 0 aliphatic rings. The van der Waals surface area contributed by atoms with E-state index in [1.165, 1.54) is 238 Å². The summed E-state index contributed by atoms with van der Waals surface area (Å²) in [7, 11) is 5.98. The number of ether oxygens (including phenoxy) is 4. The number of carboxylic acid groups (broad SMARTS) is 1. The molecule has 404 valence electrons. The Morgan fingerprint density at radius 1 is 0.382 bits per heavy atom. The first kappa shape index (κ1) is 66.3. The first-order valence-corrected chi connectivity index (χ1v) is 29.7. The lowest BCUT2D eigenvalue weighted by molar-refractivity contribution is -0.870. The summed E-state index contributed by atoms with van der Waals surface area (Å²) in [5.74, 6) is -1.98. The molecule has 0 aromatic carbocycles. The Labute approximate surface area is 422 Å². The second kappa shape index (κ2) is 51.6. The quantitative estimate of drug-likeness (QED) is 0.0278. The minimum Gasteiger partial charge on any atom is -0.477 e. The van der Waals surface area contributed by atoms with Crippen LogP contribution < -0.4 is 0 Å². The van der Waals surface area contributed by atoms with Crippen LogP contribution in [0.15, 0.2) is 0 Å². The number of hydrogen-bond acceptors (Lipinski definition) is 7. The Morgan fingerprint density at radius 2 is 0.662 bits per heavy atom. The molecule has 0 spiro atoms. The molecule has 0 aromatic rings. The maximum Gasteiger partial charge on any atom is 0.361 e. The molecule has 0 aliphatic carbocycles. The van der Waals surface area contributed by atoms with Gasteiger partial charge in [0, 0.05) is 12.8 Å². The molecule has 9 heteroatoms. The van der Waals surface area contributed by atoms with Gasteiger partial charge in [-0.05, 0) is 12.8 Å². The highest BCUT2D eigenvalue weighted by molar-refractivity contribution is 5.71. The van der Waals surface area contributed by atoms with E-state index in [0.717, 1.165) is 38.5 Å². The van der Waals surface area contributed by atoms with Crippen molar-refractivity contribution in [3.63, 3.8) is 0 Å². The van der Waals surface area contributed by atoms with Crippen LogP contribution in [-0.2, 0) is 33.3 Å². The Balaban J connectivity index is 4.01. The van der Waals surface area contributed by atoms with Gasteiger partial charge in [0.1, 0.15) is 13.2 Å². The molecule has 0 fully saturated rings. The van der Waals surface area contributed by atoms with Crippen LogP contribution in [0.3, 0.4) is 0 Å². The Hall–Kier alpha value is -1.71. The van der Waals surface area contributed by atoms with E-state index >= 15 is 0 Å². The molecule has 9 nitrogen and oxygen atoms in total. The van der Waals surface area contributed by atoms with Gasteiger partial charge < -0.3 is 28.5 Å². The van der Waals surface area contributed by atoms with E-state index in [9.17, 15) is 19.5 Å². The summed E-state index contributed by atoms with van der Waals surface area (Å²) in [5.41, 5.74) is 0. The molecule has 0 aliphatic heterocycles. The van der Waals surface area contributed by atoms with Crippen molar-refractivity contribution in [2.24, 2.45) is 0 Å². The van der Waals surface area contributed by atoms with Crippen LogP contribution >= 0.6 is 0 Å². The van der Waals surface area contributed by atoms with Crippen molar-refractivity contribution in [1.29, 1.82) is 0 Å². The molecule has 2 atom stereocenters. The van der Waals surface area contributed by atoms with Gasteiger partial charge in [-0.15, -0.1) is 0 Å². The van der Waals surface area contributed by atoms with Crippen LogP contribution in [0.2, 0.25) is 0 Å². The average Bonchev–Trinajstić information content (AvgIpc) is 3.30. The minimum atomic E-state index is -1.50. The molecular weight excluding hydrogens is 851 g/mol. The zero-order valence-electron chi connectivity index (χ0n) is 46.1. The molecule has 0 radical (unpaired) electrons. The number of quaternary nitrogens is 1. The molecule has 0 heterocycles. The summed E-state index contributed by atoms with van der Waals surface area (Å²) in [6.07, 6.45) is 54.9. The second-order valence-corrected chi connectivity index (χ2v) is 21.7. The number of esters is 2. The largest absolute Gasteiger partial charge is 0.477 e. The van der Waals surface area contributed by atoms with E-state index in [-0.39, 0.29) is 38.2 Å². The number of carboxylic acids is 1. The number of hydrogen-bond donors (Lipinski definition) is 1. The van der Waals surface area contributed by atoms with Crippen LogP contribution in [0.4, 0.5) is 0 Å². The third-order valence-electron chi connectivity index (χ3n) is 13.6. The normalized spacial score (nSPS) is 12.7. The van der Waals surface area contributed by atoms with E-state index in [1.54, 1.807) is 0 Å². The predicted molar refractivity (Wildman–Crippen MR) is 286 cm³/mol. The van der Waals surface area contributed by atoms with Crippen molar-refractivity contribution >= 4 is 17.9 Å². The molecular formula is C59H116NO8+. The van der Waals surface area contributed by atoms with Gasteiger partial charge in [0.2, 0.25) is 0 Å². The minimum absolute atomic E-state index is 0.173. The van der Waals surface area contributed by atoms with Gasteiger partial charge in [0.25, 0.3) is 6.29 Å². The van der Waals surface area contributed by atoms with Crippen LogP contribution in [0, 0.1) is 0 Å². The molecule has 0 saturated heterocycles. The third kappa shape index (κ3) is 52.1. The van der Waals surface area contributed by atoms with Gasteiger partial charge >= 0.3 is 17.9 Å². The topological polar surface area (TPSA) is 108 Å². The van der Waals surface area contributed by atoms with E-state index in [0.29, 0.717) is 17.4 Å². The van der Waals surface area contributed by atoms with Crippen molar-refractivity contribution in [2.45, 2.75) is 315 Å². The highest BCUT2D eigenvalue weighted by atomic mass is 16.7. The smallest absolute Gasteiger partial charge is 0.361 e. The highest BCUT2D eigenvalue weighted by Gasteiger charge is 2.25. The van der Waals surface area contributed by atoms with Crippen LogP contribution in [0.1, 0.15) is 303 Å². The molecule has 0 rings (SSSR count). The fourth-order valence-corrected chi connectivity index (χ4v) is 9.02. The summed E-state index contributed by atoms with van der Waals surface area (Å²) in [5, 5.41) is 9.68. The second-order valence-electron chi connectivity index (χ2n) is 21.7. The average molecular weight is 968 g/mol. The highest BCUT2D eigenvalue weighted by Crippen LogP contribution is 2.18. The maximum atomic E-state index is 12.9. The first-order chi connectivity index (χ1) is 33.1. The zero-order chi connectivity index (χ0) is 49.9. The maximum absolute atomic E-state index is 12.9. The molecule has 0 amide bonds. The number of likely N-dealkylation sites (N-methyl/N-ethyl adjacent to an activating group) is 1. The Morgan fingerprint density at radius 3 is 0.941 bits per heavy atom. The van der Waals surface area contributed by atoms with Crippen molar-refractivity contribution in [3.8, 4) is 0 Å². The fourth-order valence-electron chi connectivity index (χ4n) is 9.02. The lowest BCUT2D eigenvalue weighted by atomic mass is 10.0. The molecule has 2 unspecified atom stereocenters. The summed E-state index contributed by atoms with van der Waals surface area (Å²) < 4.78 is 22.9. The molecule has 0 saturated carbocycles. The van der Waals surface area contributed by atoms with Gasteiger partial charge in [-0.25, -0.2) is 4.79 Å². The van der Waals surface area contributed by atoms with Gasteiger partial charge in [0.15, 0.2) is 6.10 Å². The van der Waals surface area contributed by atoms with Gasteiger partial charge in [-0.3, -0.25) is 9.59 Å². The van der Waals surface area contributed by atoms with Crippen molar-refractivity contribution in [3.05, 3.63) is 0 Å². The standard InChI is InChI=1S/C59H115NO8/c1-6-8-10-12-14-16-18-20-21-22-23-24-25-26-27-28-29-30-31-32-33-34-35-36-37-38-40-42-44-46-48-50-57(62)68-55(54-67-59(58(63)64)65-52-51-60(3,4)5)53-66-56(61)49-47-45-43-41-39-19-17-15-13-11-9-7-2/h55,59H,6-54H2,1-5H3/p+1. The van der Waals surface area contributed by atoms with Crippen molar-refractivity contribution in [1.82, 2.24) is 0 Å². The van der Waals surface area contributed by atoms with Crippen molar-refractivity contribution < 1.29 is 42.9 Å². The van der Waals surface area contributed by atoms with Crippen LogP contribution in [0.5, 0.6) is 0 Å². The van der Waals surface area contributed by atoms with Gasteiger partial charge in [-0.1, -0.05) is 277 Å². The van der Waals surface area contributed by atoms with Gasteiger partial charge in [-0.2, -0.15) is 0 Å². The molecule has 1 N–H and O–H groups in total. The number of carbonyl (C=O) groups excluding carboxylic acids is 2. The summed E-state index contributed by atoms with van der Waals surface area (Å²) in [4.78, 5) is 37.3. The van der Waals surface area contributed by atoms with E-state index in [1.807, 2.05) is 21.1 Å².